The summed E-state index contributed by atoms with van der Waals surface area (Å²) in [6.07, 6.45) is 7.26. The minimum Gasteiger partial charge on any atom is -0.396 e. The lowest BCUT2D eigenvalue weighted by Crippen LogP contribution is -2.22. The van der Waals surface area contributed by atoms with Crippen LogP contribution in [0.4, 0.5) is 0 Å². The van der Waals surface area contributed by atoms with Crippen LogP contribution in [0.15, 0.2) is 24.3 Å². The Kier molecular flexibility index (Phi) is 4.45. The molecule has 100 valence electrons. The van der Waals surface area contributed by atoms with Gasteiger partial charge in [0.1, 0.15) is 0 Å². The molecule has 1 atom stereocenters. The summed E-state index contributed by atoms with van der Waals surface area (Å²) in [5.74, 6) is 0.726. The second-order valence-corrected chi connectivity index (χ2v) is 6.48. The molecule has 0 amide bonds. The molecule has 0 bridgehead atoms. The SMILES string of the molecule is CC1(C)CCCC(c2ccccc2CCCO)C1. The summed E-state index contributed by atoms with van der Waals surface area (Å²) >= 11 is 0. The van der Waals surface area contributed by atoms with Crippen LogP contribution in [0.2, 0.25) is 0 Å². The highest BCUT2D eigenvalue weighted by atomic mass is 16.2. The number of hydrogen-bond donors (Lipinski definition) is 1. The van der Waals surface area contributed by atoms with Crippen molar-refractivity contribution in [1.82, 2.24) is 0 Å². The summed E-state index contributed by atoms with van der Waals surface area (Å²) in [5, 5.41) is 9.01. The standard InChI is InChI=1S/C17H26O/c1-17(2)11-5-8-15(13-17)16-10-4-3-7-14(16)9-6-12-18/h3-4,7,10,15,18H,5-6,8-9,11-13H2,1-2H3. The minimum atomic E-state index is 0.296. The van der Waals surface area contributed by atoms with Crippen LogP contribution >= 0.6 is 0 Å². The van der Waals surface area contributed by atoms with E-state index in [2.05, 4.69) is 38.1 Å². The summed E-state index contributed by atoms with van der Waals surface area (Å²) in [7, 11) is 0. The van der Waals surface area contributed by atoms with Crippen molar-refractivity contribution < 1.29 is 5.11 Å². The molecule has 1 unspecified atom stereocenters. The summed E-state index contributed by atoms with van der Waals surface area (Å²) in [6.45, 7) is 5.09. The second kappa shape index (κ2) is 5.88. The Morgan fingerprint density at radius 3 is 2.78 bits per heavy atom. The molecule has 0 radical (unpaired) electrons. The van der Waals surface area contributed by atoms with E-state index in [1.54, 1.807) is 5.56 Å². The van der Waals surface area contributed by atoms with Gasteiger partial charge in [-0.3, -0.25) is 0 Å². The first-order valence-electron chi connectivity index (χ1n) is 7.31. The number of hydrogen-bond acceptors (Lipinski definition) is 1. The molecule has 1 fully saturated rings. The van der Waals surface area contributed by atoms with Gasteiger partial charge in [0, 0.05) is 6.61 Å². The van der Waals surface area contributed by atoms with Crippen molar-refractivity contribution in [2.45, 2.75) is 58.3 Å². The Morgan fingerprint density at radius 1 is 1.28 bits per heavy atom. The molecule has 1 saturated carbocycles. The van der Waals surface area contributed by atoms with Crippen molar-refractivity contribution >= 4 is 0 Å². The quantitative estimate of drug-likeness (QED) is 0.840. The van der Waals surface area contributed by atoms with E-state index in [1.165, 1.54) is 31.2 Å². The van der Waals surface area contributed by atoms with Crippen LogP contribution in [-0.2, 0) is 6.42 Å². The molecule has 0 aliphatic heterocycles. The molecule has 18 heavy (non-hydrogen) atoms. The third kappa shape index (κ3) is 3.35. The van der Waals surface area contributed by atoms with Gasteiger partial charge in [-0.2, -0.15) is 0 Å². The Balaban J connectivity index is 2.16. The molecule has 1 aromatic rings. The van der Waals surface area contributed by atoms with E-state index in [1.807, 2.05) is 0 Å². The summed E-state index contributed by atoms with van der Waals surface area (Å²) in [5.41, 5.74) is 3.49. The van der Waals surface area contributed by atoms with Gasteiger partial charge in [0.2, 0.25) is 0 Å². The van der Waals surface area contributed by atoms with Crippen molar-refractivity contribution in [1.29, 1.82) is 0 Å². The Labute approximate surface area is 111 Å². The third-order valence-electron chi connectivity index (χ3n) is 4.30. The smallest absolute Gasteiger partial charge is 0.0434 e. The van der Waals surface area contributed by atoms with E-state index in [-0.39, 0.29) is 0 Å². The molecular formula is C17H26O. The molecule has 0 saturated heterocycles. The number of aliphatic hydroxyl groups excluding tert-OH is 1. The molecule has 1 aromatic carbocycles. The summed E-state index contributed by atoms with van der Waals surface area (Å²) in [6, 6.07) is 8.84. The van der Waals surface area contributed by atoms with Gasteiger partial charge in [0.15, 0.2) is 0 Å². The largest absolute Gasteiger partial charge is 0.396 e. The van der Waals surface area contributed by atoms with Crippen LogP contribution < -0.4 is 0 Å². The van der Waals surface area contributed by atoms with E-state index in [9.17, 15) is 0 Å². The Hall–Kier alpha value is -0.820. The molecule has 0 spiro atoms. The van der Waals surface area contributed by atoms with Crippen molar-refractivity contribution in [3.63, 3.8) is 0 Å². The van der Waals surface area contributed by atoms with Gasteiger partial charge in [-0.15, -0.1) is 0 Å². The zero-order chi connectivity index (χ0) is 13.0. The van der Waals surface area contributed by atoms with Gasteiger partial charge in [-0.25, -0.2) is 0 Å². The predicted octanol–water partition coefficient (Wildman–Crippen LogP) is 4.30. The van der Waals surface area contributed by atoms with Gasteiger partial charge in [-0.05, 0) is 54.6 Å². The molecule has 0 aromatic heterocycles. The number of benzene rings is 1. The summed E-state index contributed by atoms with van der Waals surface area (Å²) in [4.78, 5) is 0. The Bertz CT molecular complexity index is 381. The first kappa shape index (κ1) is 13.6. The van der Waals surface area contributed by atoms with E-state index in [4.69, 9.17) is 5.11 Å². The number of aryl methyl sites for hydroxylation is 1. The lowest BCUT2D eigenvalue weighted by molar-refractivity contribution is 0.219. The van der Waals surface area contributed by atoms with Crippen LogP contribution in [0, 0.1) is 5.41 Å². The van der Waals surface area contributed by atoms with Crippen molar-refractivity contribution in [3.8, 4) is 0 Å². The van der Waals surface area contributed by atoms with Gasteiger partial charge < -0.3 is 5.11 Å². The topological polar surface area (TPSA) is 20.2 Å². The lowest BCUT2D eigenvalue weighted by Gasteiger charge is -2.36. The maximum Gasteiger partial charge on any atom is 0.0434 e. The van der Waals surface area contributed by atoms with Crippen molar-refractivity contribution in [2.24, 2.45) is 5.41 Å². The van der Waals surface area contributed by atoms with Crippen LogP contribution in [0.25, 0.3) is 0 Å². The number of rotatable bonds is 4. The van der Waals surface area contributed by atoms with Crippen molar-refractivity contribution in [2.75, 3.05) is 6.61 Å². The zero-order valence-corrected chi connectivity index (χ0v) is 11.8. The van der Waals surface area contributed by atoms with Crippen molar-refractivity contribution in [3.05, 3.63) is 35.4 Å². The molecular weight excluding hydrogens is 220 g/mol. The van der Waals surface area contributed by atoms with E-state index >= 15 is 0 Å². The zero-order valence-electron chi connectivity index (χ0n) is 11.8. The highest BCUT2D eigenvalue weighted by Crippen LogP contribution is 2.44. The van der Waals surface area contributed by atoms with E-state index in [0.29, 0.717) is 12.0 Å². The number of aliphatic hydroxyl groups is 1. The molecule has 1 heteroatoms. The van der Waals surface area contributed by atoms with Gasteiger partial charge in [0.25, 0.3) is 0 Å². The predicted molar refractivity (Wildman–Crippen MR) is 76.8 cm³/mol. The fraction of sp³-hybridized carbons (Fsp3) is 0.647. The van der Waals surface area contributed by atoms with E-state index < -0.39 is 0 Å². The molecule has 1 nitrogen and oxygen atoms in total. The van der Waals surface area contributed by atoms with Crippen LogP contribution in [0.3, 0.4) is 0 Å². The highest BCUT2D eigenvalue weighted by Gasteiger charge is 2.29. The van der Waals surface area contributed by atoms with Gasteiger partial charge >= 0.3 is 0 Å². The second-order valence-electron chi connectivity index (χ2n) is 6.48. The minimum absolute atomic E-state index is 0.296. The maximum absolute atomic E-state index is 9.01. The monoisotopic (exact) mass is 246 g/mol. The first-order valence-corrected chi connectivity index (χ1v) is 7.31. The molecule has 1 N–H and O–H groups in total. The van der Waals surface area contributed by atoms with Crippen LogP contribution in [0.5, 0.6) is 0 Å². The van der Waals surface area contributed by atoms with Gasteiger partial charge in [-0.1, -0.05) is 44.5 Å². The third-order valence-corrected chi connectivity index (χ3v) is 4.30. The summed E-state index contributed by atoms with van der Waals surface area (Å²) < 4.78 is 0. The normalized spacial score (nSPS) is 22.9. The first-order chi connectivity index (χ1) is 8.62. The average molecular weight is 246 g/mol. The van der Waals surface area contributed by atoms with Crippen LogP contribution in [-0.4, -0.2) is 11.7 Å². The van der Waals surface area contributed by atoms with Gasteiger partial charge in [0.05, 0.1) is 0 Å². The highest BCUT2D eigenvalue weighted by molar-refractivity contribution is 5.31. The molecule has 1 aliphatic carbocycles. The molecule has 2 rings (SSSR count). The fourth-order valence-corrected chi connectivity index (χ4v) is 3.39. The van der Waals surface area contributed by atoms with E-state index in [0.717, 1.165) is 18.8 Å². The Morgan fingerprint density at radius 2 is 2.06 bits per heavy atom. The lowest BCUT2D eigenvalue weighted by atomic mass is 9.69. The molecule has 0 heterocycles. The maximum atomic E-state index is 9.01. The van der Waals surface area contributed by atoms with Crippen LogP contribution in [0.1, 0.15) is 63.0 Å². The average Bonchev–Trinajstić information content (AvgIpc) is 2.35. The molecule has 1 aliphatic rings. The fourth-order valence-electron chi connectivity index (χ4n) is 3.39.